The van der Waals surface area contributed by atoms with Crippen LogP contribution < -0.4 is 9.47 Å². The first-order valence-corrected chi connectivity index (χ1v) is 5.27. The van der Waals surface area contributed by atoms with Crippen LogP contribution in [0.4, 0.5) is 0 Å². The van der Waals surface area contributed by atoms with Crippen LogP contribution in [0.3, 0.4) is 0 Å². The lowest BCUT2D eigenvalue weighted by Gasteiger charge is -2.12. The van der Waals surface area contributed by atoms with Gasteiger partial charge in [0.05, 0.1) is 14.2 Å². The van der Waals surface area contributed by atoms with Gasteiger partial charge in [0.25, 0.3) is 0 Å². The van der Waals surface area contributed by atoms with Crippen LogP contribution in [0.15, 0.2) is 17.7 Å². The van der Waals surface area contributed by atoms with E-state index >= 15 is 0 Å². The minimum atomic E-state index is -0.875. The lowest BCUT2D eigenvalue weighted by molar-refractivity contribution is -0.132. The zero-order valence-corrected chi connectivity index (χ0v) is 10.0. The van der Waals surface area contributed by atoms with Crippen LogP contribution in [0.25, 0.3) is 5.57 Å². The first-order chi connectivity index (χ1) is 8.10. The molecule has 90 valence electrons. The summed E-state index contributed by atoms with van der Waals surface area (Å²) in [4.78, 5) is 11.1. The van der Waals surface area contributed by atoms with Crippen LogP contribution in [0.2, 0.25) is 0 Å². The van der Waals surface area contributed by atoms with Crippen molar-refractivity contribution in [3.63, 3.8) is 0 Å². The number of aliphatic carboxylic acids is 1. The maximum atomic E-state index is 11.1. The van der Waals surface area contributed by atoms with E-state index in [2.05, 4.69) is 0 Å². The third-order valence-electron chi connectivity index (χ3n) is 3.12. The van der Waals surface area contributed by atoms with E-state index in [1.807, 2.05) is 13.0 Å². The minimum absolute atomic E-state index is 0.386. The fourth-order valence-electron chi connectivity index (χ4n) is 2.23. The van der Waals surface area contributed by atoms with E-state index in [4.69, 9.17) is 14.6 Å². The van der Waals surface area contributed by atoms with Crippen molar-refractivity contribution in [3.8, 4) is 11.5 Å². The molecule has 2 rings (SSSR count). The van der Waals surface area contributed by atoms with E-state index in [0.717, 1.165) is 16.7 Å². The molecule has 0 unspecified atom stereocenters. The number of rotatable bonds is 3. The number of hydrogen-bond acceptors (Lipinski definition) is 3. The van der Waals surface area contributed by atoms with Crippen LogP contribution in [0.5, 0.6) is 11.5 Å². The van der Waals surface area contributed by atoms with Crippen molar-refractivity contribution < 1.29 is 19.4 Å². The summed E-state index contributed by atoms with van der Waals surface area (Å²) in [7, 11) is 3.13. The van der Waals surface area contributed by atoms with E-state index in [1.54, 1.807) is 20.3 Å². The second-order valence-corrected chi connectivity index (χ2v) is 3.91. The van der Waals surface area contributed by atoms with Crippen molar-refractivity contribution in [1.82, 2.24) is 0 Å². The molecule has 17 heavy (non-hydrogen) atoms. The summed E-state index contributed by atoms with van der Waals surface area (Å²) >= 11 is 0. The van der Waals surface area contributed by atoms with Gasteiger partial charge in [0.15, 0.2) is 11.5 Å². The number of methoxy groups -OCH3 is 2. The Hall–Kier alpha value is -1.97. The standard InChI is InChI=1S/C13H14O4/c1-7-8-4-5-11(16-2)12(17-3)10(8)6-9(7)13(14)15/h4-5H,6H2,1-3H3,(H,14,15). The highest BCUT2D eigenvalue weighted by atomic mass is 16.5. The third-order valence-corrected chi connectivity index (χ3v) is 3.12. The van der Waals surface area contributed by atoms with Gasteiger partial charge in [0, 0.05) is 17.6 Å². The van der Waals surface area contributed by atoms with Crippen LogP contribution in [-0.4, -0.2) is 25.3 Å². The summed E-state index contributed by atoms with van der Waals surface area (Å²) in [5.41, 5.74) is 3.04. The fraction of sp³-hybridized carbons (Fsp3) is 0.308. The molecular formula is C13H14O4. The van der Waals surface area contributed by atoms with Crippen LogP contribution in [0, 0.1) is 0 Å². The van der Waals surface area contributed by atoms with E-state index in [0.29, 0.717) is 23.5 Å². The number of allylic oxidation sites excluding steroid dienone is 1. The normalized spacial score (nSPS) is 13.6. The maximum Gasteiger partial charge on any atom is 0.332 e. The Bertz CT molecular complexity index is 514. The molecule has 0 bridgehead atoms. The molecule has 0 heterocycles. The summed E-state index contributed by atoms with van der Waals surface area (Å²) < 4.78 is 10.5. The zero-order valence-electron chi connectivity index (χ0n) is 10.0. The number of carboxylic acids is 1. The van der Waals surface area contributed by atoms with Gasteiger partial charge < -0.3 is 14.6 Å². The van der Waals surface area contributed by atoms with Crippen molar-refractivity contribution in [2.45, 2.75) is 13.3 Å². The number of benzene rings is 1. The number of fused-ring (bicyclic) bond motifs is 1. The quantitative estimate of drug-likeness (QED) is 0.870. The maximum absolute atomic E-state index is 11.1. The highest BCUT2D eigenvalue weighted by molar-refractivity contribution is 6.00. The number of carbonyl (C=O) groups is 1. The van der Waals surface area contributed by atoms with Gasteiger partial charge >= 0.3 is 5.97 Å². The Labute approximate surface area is 99.5 Å². The second kappa shape index (κ2) is 4.13. The van der Waals surface area contributed by atoms with Crippen LogP contribution >= 0.6 is 0 Å². The van der Waals surface area contributed by atoms with E-state index in [1.165, 1.54) is 0 Å². The Morgan fingerprint density at radius 2 is 2.00 bits per heavy atom. The zero-order chi connectivity index (χ0) is 12.6. The first kappa shape index (κ1) is 11.5. The van der Waals surface area contributed by atoms with Gasteiger partial charge in [-0.05, 0) is 24.1 Å². The molecule has 0 aliphatic heterocycles. The second-order valence-electron chi connectivity index (χ2n) is 3.91. The average Bonchev–Trinajstić information content (AvgIpc) is 2.65. The molecule has 0 saturated heterocycles. The van der Waals surface area contributed by atoms with Crippen molar-refractivity contribution in [2.75, 3.05) is 14.2 Å². The fourth-order valence-corrected chi connectivity index (χ4v) is 2.23. The summed E-state index contributed by atoms with van der Waals surface area (Å²) in [6.07, 6.45) is 0.386. The number of hydrogen-bond donors (Lipinski definition) is 1. The number of ether oxygens (including phenoxy) is 2. The molecule has 1 aromatic carbocycles. The topological polar surface area (TPSA) is 55.8 Å². The molecule has 1 N–H and O–H groups in total. The summed E-state index contributed by atoms with van der Waals surface area (Å²) in [5.74, 6) is 0.381. The molecule has 0 aromatic heterocycles. The molecule has 1 aliphatic rings. The number of carboxylic acid groups (broad SMARTS) is 1. The predicted octanol–water partition coefficient (Wildman–Crippen LogP) is 2.12. The lowest BCUT2D eigenvalue weighted by atomic mass is 10.1. The van der Waals surface area contributed by atoms with Gasteiger partial charge in [0.1, 0.15) is 0 Å². The molecule has 1 aromatic rings. The molecular weight excluding hydrogens is 220 g/mol. The Balaban J connectivity index is 2.58. The summed E-state index contributed by atoms with van der Waals surface area (Å²) in [6, 6.07) is 3.67. The van der Waals surface area contributed by atoms with Crippen LogP contribution in [0.1, 0.15) is 18.1 Å². The highest BCUT2D eigenvalue weighted by Gasteiger charge is 2.27. The van der Waals surface area contributed by atoms with Crippen molar-refractivity contribution >= 4 is 11.5 Å². The molecule has 0 amide bonds. The van der Waals surface area contributed by atoms with Gasteiger partial charge in [0.2, 0.25) is 0 Å². The molecule has 1 aliphatic carbocycles. The van der Waals surface area contributed by atoms with Gasteiger partial charge in [-0.15, -0.1) is 0 Å². The predicted molar refractivity (Wildman–Crippen MR) is 63.5 cm³/mol. The van der Waals surface area contributed by atoms with Crippen molar-refractivity contribution in [2.24, 2.45) is 0 Å². The van der Waals surface area contributed by atoms with Crippen LogP contribution in [-0.2, 0) is 11.2 Å². The summed E-state index contributed by atoms with van der Waals surface area (Å²) in [6.45, 7) is 1.82. The molecule has 0 saturated carbocycles. The van der Waals surface area contributed by atoms with Crippen molar-refractivity contribution in [3.05, 3.63) is 28.8 Å². The Morgan fingerprint density at radius 1 is 1.29 bits per heavy atom. The van der Waals surface area contributed by atoms with E-state index < -0.39 is 5.97 Å². The first-order valence-electron chi connectivity index (χ1n) is 5.27. The SMILES string of the molecule is COc1ccc2c(c1OC)CC(C(=O)O)=C2C. The highest BCUT2D eigenvalue weighted by Crippen LogP contribution is 2.42. The monoisotopic (exact) mass is 234 g/mol. The molecule has 4 nitrogen and oxygen atoms in total. The Morgan fingerprint density at radius 3 is 2.53 bits per heavy atom. The van der Waals surface area contributed by atoms with Gasteiger partial charge in [-0.3, -0.25) is 0 Å². The van der Waals surface area contributed by atoms with Crippen molar-refractivity contribution in [1.29, 1.82) is 0 Å². The van der Waals surface area contributed by atoms with E-state index in [-0.39, 0.29) is 0 Å². The summed E-state index contributed by atoms with van der Waals surface area (Å²) in [5, 5.41) is 9.12. The van der Waals surface area contributed by atoms with Gasteiger partial charge in [-0.25, -0.2) is 4.79 Å². The third kappa shape index (κ3) is 1.65. The molecule has 0 fully saturated rings. The average molecular weight is 234 g/mol. The largest absolute Gasteiger partial charge is 0.493 e. The Kier molecular flexibility index (Phi) is 2.79. The molecule has 4 heteroatoms. The van der Waals surface area contributed by atoms with Gasteiger partial charge in [-0.2, -0.15) is 0 Å². The molecule has 0 spiro atoms. The van der Waals surface area contributed by atoms with E-state index in [9.17, 15) is 4.79 Å². The minimum Gasteiger partial charge on any atom is -0.493 e. The smallest absolute Gasteiger partial charge is 0.332 e. The molecule has 0 atom stereocenters. The lowest BCUT2D eigenvalue weighted by Crippen LogP contribution is -2.01. The van der Waals surface area contributed by atoms with Gasteiger partial charge in [-0.1, -0.05) is 6.07 Å². The molecule has 0 radical (unpaired) electrons.